The maximum atomic E-state index is 12.2. The first-order valence-electron chi connectivity index (χ1n) is 8.35. The molecule has 0 atom stereocenters. The lowest BCUT2D eigenvalue weighted by molar-refractivity contribution is -0.121. The molecule has 2 N–H and O–H groups in total. The second kappa shape index (κ2) is 9.15. The van der Waals surface area contributed by atoms with E-state index in [1.807, 2.05) is 32.9 Å². The summed E-state index contributed by atoms with van der Waals surface area (Å²) in [5.41, 5.74) is 5.31. The van der Waals surface area contributed by atoms with Crippen LogP contribution in [-0.4, -0.2) is 17.5 Å². The number of hydrogen-bond donors (Lipinski definition) is 2. The lowest BCUT2D eigenvalue weighted by Gasteiger charge is -2.07. The minimum Gasteiger partial charge on any atom is -0.322 e. The Hall–Kier alpha value is -2.66. The minimum absolute atomic E-state index is 0.105. The van der Waals surface area contributed by atoms with E-state index in [0.29, 0.717) is 28.4 Å². The summed E-state index contributed by atoms with van der Waals surface area (Å²) in [5.74, 6) is -0.0269. The molecule has 2 aromatic carbocycles. The lowest BCUT2D eigenvalue weighted by Crippen LogP contribution is -2.20. The van der Waals surface area contributed by atoms with Crippen molar-refractivity contribution in [1.82, 2.24) is 5.43 Å². The van der Waals surface area contributed by atoms with E-state index in [0.717, 1.165) is 5.56 Å². The molecule has 0 heterocycles. The third kappa shape index (κ3) is 6.01. The van der Waals surface area contributed by atoms with E-state index in [-0.39, 0.29) is 17.7 Å². The molecular formula is C20H22ClN3O2. The van der Waals surface area contributed by atoms with Crippen molar-refractivity contribution in [1.29, 1.82) is 0 Å². The van der Waals surface area contributed by atoms with Crippen molar-refractivity contribution in [2.75, 3.05) is 5.32 Å². The van der Waals surface area contributed by atoms with Gasteiger partial charge in [0.2, 0.25) is 5.91 Å². The van der Waals surface area contributed by atoms with Gasteiger partial charge in [0.1, 0.15) is 0 Å². The smallest absolute Gasteiger partial charge is 0.255 e. The van der Waals surface area contributed by atoms with Crippen LogP contribution in [0.1, 0.15) is 43.1 Å². The summed E-state index contributed by atoms with van der Waals surface area (Å²) in [5, 5.41) is 7.52. The van der Waals surface area contributed by atoms with Crippen molar-refractivity contribution in [2.45, 2.75) is 27.2 Å². The number of carbonyl (C=O) groups excluding carboxylic acids is 2. The number of nitrogens with zero attached hydrogens (tertiary/aromatic N) is 1. The summed E-state index contributed by atoms with van der Waals surface area (Å²) >= 11 is 5.82. The first-order valence-corrected chi connectivity index (χ1v) is 8.73. The van der Waals surface area contributed by atoms with Crippen LogP contribution in [0.4, 0.5) is 5.69 Å². The van der Waals surface area contributed by atoms with E-state index in [1.54, 1.807) is 36.4 Å². The zero-order valence-electron chi connectivity index (χ0n) is 15.0. The van der Waals surface area contributed by atoms with Gasteiger partial charge in [0.25, 0.3) is 5.91 Å². The molecule has 0 aromatic heterocycles. The molecule has 0 unspecified atom stereocenters. The zero-order chi connectivity index (χ0) is 19.1. The highest BCUT2D eigenvalue weighted by Gasteiger charge is 2.07. The van der Waals surface area contributed by atoms with Crippen LogP contribution in [0.15, 0.2) is 53.6 Å². The number of amides is 2. The number of benzene rings is 2. The molecule has 2 rings (SSSR count). The molecular weight excluding hydrogens is 350 g/mol. The second-order valence-corrected chi connectivity index (χ2v) is 6.80. The van der Waals surface area contributed by atoms with Gasteiger partial charge in [0.15, 0.2) is 0 Å². The molecule has 0 aliphatic heterocycles. The van der Waals surface area contributed by atoms with E-state index in [4.69, 9.17) is 11.6 Å². The molecule has 0 saturated carbocycles. The highest BCUT2D eigenvalue weighted by molar-refractivity contribution is 6.30. The minimum atomic E-state index is -0.208. The maximum absolute atomic E-state index is 12.2. The summed E-state index contributed by atoms with van der Waals surface area (Å²) in [7, 11) is 0. The van der Waals surface area contributed by atoms with E-state index in [9.17, 15) is 9.59 Å². The van der Waals surface area contributed by atoms with Crippen molar-refractivity contribution in [3.63, 3.8) is 0 Å². The average molecular weight is 372 g/mol. The van der Waals surface area contributed by atoms with Crippen LogP contribution < -0.4 is 10.7 Å². The second-order valence-electron chi connectivity index (χ2n) is 6.37. The van der Waals surface area contributed by atoms with Gasteiger partial charge in [0, 0.05) is 22.7 Å². The lowest BCUT2D eigenvalue weighted by atomic mass is 10.1. The normalized spacial score (nSPS) is 11.3. The molecule has 2 amide bonds. The Kier molecular flexibility index (Phi) is 6.92. The first-order chi connectivity index (χ1) is 12.3. The van der Waals surface area contributed by atoms with Gasteiger partial charge in [-0.2, -0.15) is 5.10 Å². The zero-order valence-corrected chi connectivity index (χ0v) is 15.8. The molecule has 6 heteroatoms. The number of hydrazone groups is 1. The number of anilines is 1. The van der Waals surface area contributed by atoms with Gasteiger partial charge in [0.05, 0.1) is 5.71 Å². The number of rotatable bonds is 6. The Morgan fingerprint density at radius 3 is 2.15 bits per heavy atom. The molecule has 26 heavy (non-hydrogen) atoms. The summed E-state index contributed by atoms with van der Waals surface area (Å²) in [4.78, 5) is 23.8. The van der Waals surface area contributed by atoms with Crippen LogP contribution >= 0.6 is 11.6 Å². The van der Waals surface area contributed by atoms with Crippen molar-refractivity contribution >= 4 is 34.8 Å². The first kappa shape index (κ1) is 19.7. The van der Waals surface area contributed by atoms with Crippen LogP contribution in [0.3, 0.4) is 0 Å². The van der Waals surface area contributed by atoms with Crippen molar-refractivity contribution < 1.29 is 9.59 Å². The van der Waals surface area contributed by atoms with Crippen LogP contribution in [0.25, 0.3) is 0 Å². The Morgan fingerprint density at radius 1 is 1.00 bits per heavy atom. The third-order valence-corrected chi connectivity index (χ3v) is 3.86. The predicted octanol–water partition coefficient (Wildman–Crippen LogP) is 4.48. The fraction of sp³-hybridized carbons (Fsp3) is 0.250. The Morgan fingerprint density at radius 2 is 1.58 bits per heavy atom. The molecule has 0 aliphatic rings. The molecule has 0 fully saturated rings. The van der Waals surface area contributed by atoms with E-state index in [1.165, 1.54) is 0 Å². The monoisotopic (exact) mass is 371 g/mol. The number of nitrogens with one attached hydrogen (secondary N) is 2. The van der Waals surface area contributed by atoms with Crippen LogP contribution in [0.5, 0.6) is 0 Å². The fourth-order valence-electron chi connectivity index (χ4n) is 2.23. The topological polar surface area (TPSA) is 70.6 Å². The molecule has 0 aliphatic carbocycles. The van der Waals surface area contributed by atoms with Gasteiger partial charge in [-0.25, -0.2) is 5.43 Å². The predicted molar refractivity (Wildman–Crippen MR) is 106 cm³/mol. The molecule has 2 aromatic rings. The van der Waals surface area contributed by atoms with Gasteiger partial charge >= 0.3 is 0 Å². The molecule has 5 nitrogen and oxygen atoms in total. The van der Waals surface area contributed by atoms with Gasteiger partial charge < -0.3 is 5.32 Å². The van der Waals surface area contributed by atoms with Crippen LogP contribution in [-0.2, 0) is 4.79 Å². The van der Waals surface area contributed by atoms with Gasteiger partial charge in [-0.05, 0) is 54.8 Å². The van der Waals surface area contributed by atoms with Crippen molar-refractivity contribution in [2.24, 2.45) is 11.0 Å². The van der Waals surface area contributed by atoms with E-state index >= 15 is 0 Å². The van der Waals surface area contributed by atoms with E-state index < -0.39 is 0 Å². The molecule has 0 bridgehead atoms. The van der Waals surface area contributed by atoms with Gasteiger partial charge in [-0.3, -0.25) is 9.59 Å². The average Bonchev–Trinajstić information content (AvgIpc) is 2.60. The molecule has 0 spiro atoms. The standard InChI is InChI=1S/C20H22ClN3O2/c1-13(2)12-19(25)24-23-14(3)15-6-10-18(11-7-15)22-20(26)16-4-8-17(21)9-5-16/h4-11,13H,12H2,1-3H3,(H,22,26)(H,24,25)/b23-14-. The fourth-order valence-corrected chi connectivity index (χ4v) is 2.35. The summed E-state index contributed by atoms with van der Waals surface area (Å²) < 4.78 is 0. The third-order valence-electron chi connectivity index (χ3n) is 3.61. The van der Waals surface area contributed by atoms with Gasteiger partial charge in [-0.15, -0.1) is 0 Å². The largest absolute Gasteiger partial charge is 0.322 e. The quantitative estimate of drug-likeness (QED) is 0.580. The van der Waals surface area contributed by atoms with Gasteiger partial charge in [-0.1, -0.05) is 37.6 Å². The number of hydrogen-bond acceptors (Lipinski definition) is 3. The summed E-state index contributed by atoms with van der Waals surface area (Å²) in [6, 6.07) is 13.9. The maximum Gasteiger partial charge on any atom is 0.255 e. The molecule has 136 valence electrons. The number of carbonyl (C=O) groups is 2. The summed E-state index contributed by atoms with van der Waals surface area (Å²) in [6.45, 7) is 5.78. The Bertz CT molecular complexity index is 797. The van der Waals surface area contributed by atoms with Crippen LogP contribution in [0.2, 0.25) is 5.02 Å². The number of halogens is 1. The molecule has 0 radical (unpaired) electrons. The highest BCUT2D eigenvalue weighted by atomic mass is 35.5. The highest BCUT2D eigenvalue weighted by Crippen LogP contribution is 2.14. The van der Waals surface area contributed by atoms with Crippen LogP contribution in [0, 0.1) is 5.92 Å². The SMILES string of the molecule is C/C(=N/NC(=O)CC(C)C)c1ccc(NC(=O)c2ccc(Cl)cc2)cc1. The summed E-state index contributed by atoms with van der Waals surface area (Å²) in [6.07, 6.45) is 0.437. The Balaban J connectivity index is 1.97. The Labute approximate surface area is 158 Å². The molecule has 0 saturated heterocycles. The van der Waals surface area contributed by atoms with Crippen molar-refractivity contribution in [3.8, 4) is 0 Å². The van der Waals surface area contributed by atoms with E-state index in [2.05, 4.69) is 15.8 Å². The van der Waals surface area contributed by atoms with Crippen molar-refractivity contribution in [3.05, 3.63) is 64.7 Å².